The van der Waals surface area contributed by atoms with Gasteiger partial charge in [-0.1, -0.05) is 54.6 Å². The monoisotopic (exact) mass is 429 g/mol. The lowest BCUT2D eigenvalue weighted by atomic mass is 10.1. The SMILES string of the molecule is CC(C)(C)OC(=O)Oc1ccc([S+](c2ccccc2)c2ccccc2)c2ccccc12. The van der Waals surface area contributed by atoms with Crippen LogP contribution in [0.2, 0.25) is 0 Å². The summed E-state index contributed by atoms with van der Waals surface area (Å²) in [6, 6.07) is 33.0. The van der Waals surface area contributed by atoms with Crippen LogP contribution in [0.15, 0.2) is 112 Å². The quantitative estimate of drug-likeness (QED) is 0.195. The highest BCUT2D eigenvalue weighted by Gasteiger charge is 2.31. The van der Waals surface area contributed by atoms with Gasteiger partial charge in [0.25, 0.3) is 0 Å². The number of benzene rings is 4. The van der Waals surface area contributed by atoms with Crippen LogP contribution < -0.4 is 4.74 Å². The van der Waals surface area contributed by atoms with E-state index in [4.69, 9.17) is 9.47 Å². The normalized spacial score (nSPS) is 11.5. The largest absolute Gasteiger partial charge is 0.514 e. The Labute approximate surface area is 186 Å². The fourth-order valence-electron chi connectivity index (χ4n) is 3.37. The zero-order chi connectivity index (χ0) is 21.8. The van der Waals surface area contributed by atoms with E-state index in [9.17, 15) is 4.79 Å². The molecule has 0 amide bonds. The summed E-state index contributed by atoms with van der Waals surface area (Å²) in [5.74, 6) is 0.498. The number of hydrogen-bond donors (Lipinski definition) is 0. The van der Waals surface area contributed by atoms with E-state index in [-0.39, 0.29) is 10.9 Å². The van der Waals surface area contributed by atoms with Crippen LogP contribution >= 0.6 is 0 Å². The summed E-state index contributed by atoms with van der Waals surface area (Å²) in [5.41, 5.74) is -0.611. The Morgan fingerprint density at radius 3 is 1.74 bits per heavy atom. The van der Waals surface area contributed by atoms with Crippen molar-refractivity contribution in [2.75, 3.05) is 0 Å². The third kappa shape index (κ3) is 4.92. The predicted octanol–water partition coefficient (Wildman–Crippen LogP) is 7.25. The second kappa shape index (κ2) is 8.86. The first-order chi connectivity index (χ1) is 14.9. The van der Waals surface area contributed by atoms with E-state index in [0.717, 1.165) is 10.8 Å². The maximum Gasteiger partial charge on any atom is 0.514 e. The third-order valence-electron chi connectivity index (χ3n) is 4.60. The maximum atomic E-state index is 12.3. The van der Waals surface area contributed by atoms with Crippen molar-refractivity contribution < 1.29 is 14.3 Å². The maximum absolute atomic E-state index is 12.3. The molecule has 0 N–H and O–H groups in total. The van der Waals surface area contributed by atoms with Crippen molar-refractivity contribution in [3.05, 3.63) is 97.1 Å². The Bertz CT molecular complexity index is 1140. The molecule has 0 saturated carbocycles. The van der Waals surface area contributed by atoms with Crippen molar-refractivity contribution in [2.45, 2.75) is 41.1 Å². The molecule has 4 aromatic carbocycles. The molecule has 4 heteroatoms. The van der Waals surface area contributed by atoms with Crippen LogP contribution in [0.1, 0.15) is 20.8 Å². The number of ether oxygens (including phenoxy) is 2. The van der Waals surface area contributed by atoms with Crippen LogP contribution in [0.25, 0.3) is 10.8 Å². The second-order valence-electron chi connectivity index (χ2n) is 8.11. The van der Waals surface area contributed by atoms with Crippen molar-refractivity contribution in [3.63, 3.8) is 0 Å². The molecule has 0 saturated heterocycles. The lowest BCUT2D eigenvalue weighted by molar-refractivity contribution is 0.0209. The van der Waals surface area contributed by atoms with Crippen LogP contribution in [-0.4, -0.2) is 11.8 Å². The molecule has 3 nitrogen and oxygen atoms in total. The fraction of sp³-hybridized carbons (Fsp3) is 0.148. The summed E-state index contributed by atoms with van der Waals surface area (Å²) in [4.78, 5) is 15.9. The number of fused-ring (bicyclic) bond motifs is 1. The van der Waals surface area contributed by atoms with Gasteiger partial charge in [0, 0.05) is 10.8 Å². The van der Waals surface area contributed by atoms with Crippen molar-refractivity contribution >= 4 is 27.8 Å². The highest BCUT2D eigenvalue weighted by Crippen LogP contribution is 2.38. The molecule has 156 valence electrons. The molecule has 0 unspecified atom stereocenters. The summed E-state index contributed by atoms with van der Waals surface area (Å²) in [6.45, 7) is 5.46. The minimum atomic E-state index is -0.699. The van der Waals surface area contributed by atoms with E-state index in [1.165, 1.54) is 14.7 Å². The van der Waals surface area contributed by atoms with Gasteiger partial charge in [-0.25, -0.2) is 4.79 Å². The number of carbonyl (C=O) groups is 1. The van der Waals surface area contributed by atoms with Crippen LogP contribution in [0.5, 0.6) is 5.75 Å². The van der Waals surface area contributed by atoms with Crippen LogP contribution in [0.3, 0.4) is 0 Å². The van der Waals surface area contributed by atoms with E-state index in [2.05, 4.69) is 60.7 Å². The van der Waals surface area contributed by atoms with Gasteiger partial charge in [0.15, 0.2) is 14.7 Å². The molecule has 0 aliphatic carbocycles. The average molecular weight is 430 g/mol. The third-order valence-corrected chi connectivity index (χ3v) is 6.89. The summed E-state index contributed by atoms with van der Waals surface area (Å²) in [6.07, 6.45) is -0.699. The summed E-state index contributed by atoms with van der Waals surface area (Å²) < 4.78 is 10.9. The molecular weight excluding hydrogens is 404 g/mol. The molecule has 4 aromatic rings. The molecule has 31 heavy (non-hydrogen) atoms. The Morgan fingerprint density at radius 2 is 1.19 bits per heavy atom. The zero-order valence-electron chi connectivity index (χ0n) is 17.9. The van der Waals surface area contributed by atoms with Crippen LogP contribution in [0.4, 0.5) is 4.79 Å². The van der Waals surface area contributed by atoms with Crippen LogP contribution in [-0.2, 0) is 15.6 Å². The number of hydrogen-bond acceptors (Lipinski definition) is 3. The number of carbonyl (C=O) groups excluding carboxylic acids is 1. The molecule has 0 spiro atoms. The molecular formula is C27H25O3S+. The molecule has 0 radical (unpaired) electrons. The first-order valence-corrected chi connectivity index (χ1v) is 11.4. The Balaban J connectivity index is 1.83. The van der Waals surface area contributed by atoms with Gasteiger partial charge < -0.3 is 9.47 Å². The van der Waals surface area contributed by atoms with E-state index in [0.29, 0.717) is 5.75 Å². The van der Waals surface area contributed by atoms with Gasteiger partial charge in [-0.05, 0) is 63.2 Å². The highest BCUT2D eigenvalue weighted by molar-refractivity contribution is 7.97. The molecule has 0 aliphatic rings. The molecule has 0 atom stereocenters. The van der Waals surface area contributed by atoms with Gasteiger partial charge in [0.1, 0.15) is 11.4 Å². The van der Waals surface area contributed by atoms with E-state index in [1.807, 2.05) is 57.2 Å². The standard InChI is InChI=1S/C27H25O3S/c1-27(2,3)30-26(28)29-24-18-19-25(23-17-11-10-16-22(23)24)31(20-12-6-4-7-13-20)21-14-8-5-9-15-21/h4-19H,1-3H3/q+1. The molecule has 0 heterocycles. The Morgan fingerprint density at radius 1 is 0.677 bits per heavy atom. The summed E-state index contributed by atoms with van der Waals surface area (Å²) >= 11 is 0. The van der Waals surface area contributed by atoms with Gasteiger partial charge in [-0.15, -0.1) is 0 Å². The highest BCUT2D eigenvalue weighted by atomic mass is 32.2. The summed E-state index contributed by atoms with van der Waals surface area (Å²) in [5, 5.41) is 1.94. The van der Waals surface area contributed by atoms with E-state index < -0.39 is 11.8 Å². The zero-order valence-corrected chi connectivity index (χ0v) is 18.7. The fourth-order valence-corrected chi connectivity index (χ4v) is 5.62. The Kier molecular flexibility index (Phi) is 6.01. The molecule has 0 bridgehead atoms. The minimum Gasteiger partial charge on any atom is -0.428 e. The molecule has 0 aliphatic heterocycles. The van der Waals surface area contributed by atoms with Gasteiger partial charge in [-0.2, -0.15) is 0 Å². The van der Waals surface area contributed by atoms with Crippen molar-refractivity contribution in [1.82, 2.24) is 0 Å². The van der Waals surface area contributed by atoms with Gasteiger partial charge in [0.05, 0.1) is 10.9 Å². The first-order valence-electron chi connectivity index (χ1n) is 10.2. The van der Waals surface area contributed by atoms with Crippen molar-refractivity contribution in [2.24, 2.45) is 0 Å². The summed E-state index contributed by atoms with van der Waals surface area (Å²) in [7, 11) is -0.298. The molecule has 0 fully saturated rings. The number of rotatable bonds is 4. The Hall–Kier alpha value is -3.24. The van der Waals surface area contributed by atoms with E-state index >= 15 is 0 Å². The predicted molar refractivity (Wildman–Crippen MR) is 126 cm³/mol. The second-order valence-corrected chi connectivity index (χ2v) is 10.1. The van der Waals surface area contributed by atoms with Crippen molar-refractivity contribution in [1.29, 1.82) is 0 Å². The van der Waals surface area contributed by atoms with Gasteiger partial charge in [0.2, 0.25) is 0 Å². The van der Waals surface area contributed by atoms with Gasteiger partial charge in [-0.3, -0.25) is 0 Å². The minimum absolute atomic E-state index is 0.298. The topological polar surface area (TPSA) is 35.5 Å². The average Bonchev–Trinajstić information content (AvgIpc) is 2.76. The van der Waals surface area contributed by atoms with Crippen LogP contribution in [0, 0.1) is 0 Å². The lowest BCUT2D eigenvalue weighted by Crippen LogP contribution is -2.26. The van der Waals surface area contributed by atoms with Crippen molar-refractivity contribution in [3.8, 4) is 5.75 Å². The van der Waals surface area contributed by atoms with E-state index in [1.54, 1.807) is 0 Å². The lowest BCUT2D eigenvalue weighted by Gasteiger charge is -2.19. The molecule has 4 rings (SSSR count). The smallest absolute Gasteiger partial charge is 0.428 e. The molecule has 0 aromatic heterocycles. The van der Waals surface area contributed by atoms with Gasteiger partial charge >= 0.3 is 6.16 Å². The first kappa shape index (κ1) is 21.0.